The van der Waals surface area contributed by atoms with Crippen molar-refractivity contribution in [3.05, 3.63) is 28.8 Å². The number of rotatable bonds is 2. The van der Waals surface area contributed by atoms with Crippen LogP contribution in [0.1, 0.15) is 37.5 Å². The number of hydrogen-bond donors (Lipinski definition) is 1. The molecule has 1 aromatic carbocycles. The molecule has 1 aromatic rings. The quantitative estimate of drug-likeness (QED) is 0.811. The van der Waals surface area contributed by atoms with Crippen molar-refractivity contribution < 1.29 is 19.5 Å². The maximum Gasteiger partial charge on any atom is 0.122 e. The van der Waals surface area contributed by atoms with Gasteiger partial charge in [-0.25, -0.2) is 0 Å². The fourth-order valence-electron chi connectivity index (χ4n) is 1.74. The summed E-state index contributed by atoms with van der Waals surface area (Å²) in [6.07, 6.45) is -0.517. The molecule has 0 aliphatic rings. The van der Waals surface area contributed by atoms with Gasteiger partial charge in [0.1, 0.15) is 5.75 Å². The van der Waals surface area contributed by atoms with Crippen molar-refractivity contribution in [2.45, 2.75) is 39.3 Å². The summed E-state index contributed by atoms with van der Waals surface area (Å²) in [5.41, 5.74) is 1.36. The molecule has 1 N–H and O–H groups in total. The highest BCUT2D eigenvalue weighted by Gasteiger charge is 2.20. The Morgan fingerprint density at radius 1 is 1.29 bits per heavy atom. The van der Waals surface area contributed by atoms with E-state index in [1.807, 2.05) is 20.8 Å². The predicted octanol–water partition coefficient (Wildman–Crippen LogP) is 1.41. The van der Waals surface area contributed by atoms with Crippen molar-refractivity contribution >= 4 is 7.60 Å². The fraction of sp³-hybridized carbons (Fsp3) is 0.500. The molecule has 5 heteroatoms. The molecule has 96 valence electrons. The van der Waals surface area contributed by atoms with E-state index in [0.717, 1.165) is 0 Å². The Bertz CT molecular complexity index is 468. The van der Waals surface area contributed by atoms with Crippen LogP contribution in [0.2, 0.25) is 0 Å². The van der Waals surface area contributed by atoms with E-state index < -0.39 is 13.8 Å². The van der Waals surface area contributed by atoms with Crippen LogP contribution in [0.15, 0.2) is 12.1 Å². The Morgan fingerprint density at radius 2 is 1.82 bits per heavy atom. The minimum absolute atomic E-state index is 0.160. The molecule has 0 amide bonds. The molecule has 17 heavy (non-hydrogen) atoms. The van der Waals surface area contributed by atoms with Crippen LogP contribution in [-0.2, 0) is 16.1 Å². The first-order valence-corrected chi connectivity index (χ1v) is 7.07. The van der Waals surface area contributed by atoms with Gasteiger partial charge in [0.25, 0.3) is 0 Å². The zero-order valence-electron chi connectivity index (χ0n) is 10.5. The second-order valence-electron chi connectivity index (χ2n) is 5.33. The Balaban J connectivity index is 3.30. The van der Waals surface area contributed by atoms with Crippen LogP contribution in [-0.4, -0.2) is 5.11 Å². The minimum Gasteiger partial charge on any atom is -0.810 e. The summed E-state index contributed by atoms with van der Waals surface area (Å²) in [7, 11) is -4.58. The molecule has 4 nitrogen and oxygen atoms in total. The molecule has 0 spiro atoms. The van der Waals surface area contributed by atoms with Crippen molar-refractivity contribution in [1.29, 1.82) is 0 Å². The standard InChI is InChI=1S/C12H19O4P/c1-8-5-9(7-17(14,15)16)6-10(11(8)13)12(2,3)4/h5-6,13H,7H2,1-4H3,(H2,14,15,16)/p-2. The van der Waals surface area contributed by atoms with Gasteiger partial charge in [-0.05, 0) is 29.0 Å². The van der Waals surface area contributed by atoms with Crippen LogP contribution in [0.5, 0.6) is 5.75 Å². The van der Waals surface area contributed by atoms with Crippen LogP contribution in [0.3, 0.4) is 0 Å². The van der Waals surface area contributed by atoms with Gasteiger partial charge in [-0.2, -0.15) is 0 Å². The van der Waals surface area contributed by atoms with Crippen LogP contribution in [0.4, 0.5) is 0 Å². The molecule has 0 atom stereocenters. The fourth-order valence-corrected chi connectivity index (χ4v) is 2.37. The predicted molar refractivity (Wildman–Crippen MR) is 62.9 cm³/mol. The topological polar surface area (TPSA) is 83.4 Å². The first-order chi connectivity index (χ1) is 7.50. The first-order valence-electron chi connectivity index (χ1n) is 5.35. The van der Waals surface area contributed by atoms with Crippen LogP contribution >= 0.6 is 7.60 Å². The normalized spacial score (nSPS) is 12.8. The molecule has 0 aliphatic heterocycles. The van der Waals surface area contributed by atoms with E-state index in [1.54, 1.807) is 13.0 Å². The number of benzene rings is 1. The minimum atomic E-state index is -4.58. The Hall–Kier alpha value is -0.830. The summed E-state index contributed by atoms with van der Waals surface area (Å²) in [6.45, 7) is 7.44. The third kappa shape index (κ3) is 3.84. The van der Waals surface area contributed by atoms with E-state index in [9.17, 15) is 19.5 Å². The maximum atomic E-state index is 10.8. The van der Waals surface area contributed by atoms with Crippen molar-refractivity contribution in [1.82, 2.24) is 0 Å². The van der Waals surface area contributed by atoms with Crippen molar-refractivity contribution in [3.63, 3.8) is 0 Å². The van der Waals surface area contributed by atoms with Gasteiger partial charge in [0.2, 0.25) is 0 Å². The van der Waals surface area contributed by atoms with E-state index in [1.165, 1.54) is 6.07 Å². The lowest BCUT2D eigenvalue weighted by atomic mass is 9.84. The molecular weight excluding hydrogens is 239 g/mol. The van der Waals surface area contributed by atoms with E-state index in [2.05, 4.69) is 0 Å². The molecule has 0 fully saturated rings. The number of phenols is 1. The largest absolute Gasteiger partial charge is 0.810 e. The zero-order valence-corrected chi connectivity index (χ0v) is 11.4. The second kappa shape index (κ2) is 4.45. The van der Waals surface area contributed by atoms with Gasteiger partial charge in [-0.3, -0.25) is 0 Å². The van der Waals surface area contributed by atoms with Gasteiger partial charge in [-0.1, -0.05) is 40.5 Å². The van der Waals surface area contributed by atoms with Gasteiger partial charge in [0.05, 0.1) is 0 Å². The Labute approximate surface area is 101 Å². The summed E-state index contributed by atoms with van der Waals surface area (Å²) in [5, 5.41) is 9.93. The lowest BCUT2D eigenvalue weighted by molar-refractivity contribution is -0.314. The Kier molecular flexibility index (Phi) is 3.72. The average Bonchev–Trinajstić information content (AvgIpc) is 2.06. The van der Waals surface area contributed by atoms with Gasteiger partial charge in [-0.15, -0.1) is 0 Å². The van der Waals surface area contributed by atoms with Gasteiger partial charge in [0, 0.05) is 6.16 Å². The summed E-state index contributed by atoms with van der Waals surface area (Å²) in [5.74, 6) is 0.160. The van der Waals surface area contributed by atoms with Crippen LogP contribution in [0, 0.1) is 6.92 Å². The molecule has 0 unspecified atom stereocenters. The number of phenolic OH excluding ortho intramolecular Hbond substituents is 1. The summed E-state index contributed by atoms with van der Waals surface area (Å²) in [4.78, 5) is 21.5. The second-order valence-corrected chi connectivity index (χ2v) is 6.87. The van der Waals surface area contributed by atoms with E-state index in [0.29, 0.717) is 16.7 Å². The molecule has 0 bridgehead atoms. The molecule has 0 heterocycles. The van der Waals surface area contributed by atoms with Crippen LogP contribution < -0.4 is 9.79 Å². The molecule has 0 aliphatic carbocycles. The summed E-state index contributed by atoms with van der Waals surface area (Å²) >= 11 is 0. The smallest absolute Gasteiger partial charge is 0.122 e. The summed E-state index contributed by atoms with van der Waals surface area (Å²) in [6, 6.07) is 3.12. The van der Waals surface area contributed by atoms with Crippen molar-refractivity contribution in [3.8, 4) is 5.75 Å². The summed E-state index contributed by atoms with van der Waals surface area (Å²) < 4.78 is 10.8. The number of hydrogen-bond acceptors (Lipinski definition) is 4. The maximum absolute atomic E-state index is 10.8. The van der Waals surface area contributed by atoms with E-state index in [4.69, 9.17) is 0 Å². The van der Waals surface area contributed by atoms with Gasteiger partial charge < -0.3 is 19.5 Å². The average molecular weight is 256 g/mol. The molecule has 1 rings (SSSR count). The molecular formula is C12H17O4P-2. The SMILES string of the molecule is Cc1cc(CP(=O)([O-])[O-])cc(C(C)(C)C)c1O. The van der Waals surface area contributed by atoms with Crippen molar-refractivity contribution in [2.75, 3.05) is 0 Å². The monoisotopic (exact) mass is 256 g/mol. The molecule has 0 saturated heterocycles. The number of aromatic hydroxyl groups is 1. The van der Waals surface area contributed by atoms with Gasteiger partial charge in [0.15, 0.2) is 0 Å². The van der Waals surface area contributed by atoms with E-state index >= 15 is 0 Å². The van der Waals surface area contributed by atoms with Crippen LogP contribution in [0.25, 0.3) is 0 Å². The third-order valence-corrected chi connectivity index (χ3v) is 3.30. The zero-order chi connectivity index (χ0) is 13.4. The van der Waals surface area contributed by atoms with Crippen molar-refractivity contribution in [2.24, 2.45) is 0 Å². The van der Waals surface area contributed by atoms with E-state index in [-0.39, 0.29) is 11.2 Å². The molecule has 0 radical (unpaired) electrons. The number of aryl methyl sites for hydroxylation is 1. The first kappa shape index (κ1) is 14.2. The Morgan fingerprint density at radius 3 is 2.24 bits per heavy atom. The lowest BCUT2D eigenvalue weighted by Gasteiger charge is -2.30. The highest BCUT2D eigenvalue weighted by Crippen LogP contribution is 2.37. The highest BCUT2D eigenvalue weighted by molar-refractivity contribution is 7.47. The lowest BCUT2D eigenvalue weighted by Crippen LogP contribution is -2.17. The third-order valence-electron chi connectivity index (χ3n) is 2.54. The molecule has 0 aromatic heterocycles. The van der Waals surface area contributed by atoms with Gasteiger partial charge >= 0.3 is 0 Å². The molecule has 0 saturated carbocycles. The highest BCUT2D eigenvalue weighted by atomic mass is 31.2.